The summed E-state index contributed by atoms with van der Waals surface area (Å²) in [5, 5.41) is 0. The number of nitrogens with two attached hydrogens (primary N) is 1. The number of nitrogen functional groups attached to an aromatic ring is 1. The molecule has 1 aliphatic rings. The van der Waals surface area contributed by atoms with Crippen LogP contribution < -0.4 is 5.73 Å². The van der Waals surface area contributed by atoms with Crippen LogP contribution >= 0.6 is 0 Å². The van der Waals surface area contributed by atoms with Gasteiger partial charge in [-0.05, 0) is 12.1 Å². The number of likely N-dealkylation sites (tertiary alicyclic amines) is 1. The molecule has 5 nitrogen and oxygen atoms in total. The predicted molar refractivity (Wildman–Crippen MR) is 68.4 cm³/mol. The van der Waals surface area contributed by atoms with Crippen LogP contribution in [-0.4, -0.2) is 50.3 Å². The molecule has 0 spiro atoms. The Bertz CT molecular complexity index is 424. The molecule has 0 saturated carbocycles. The molecule has 5 heteroatoms. The SMILES string of the molecule is CO[C@H]1CN(C(=O)c2ccccc2N)C[C@@H]1OC. The summed E-state index contributed by atoms with van der Waals surface area (Å²) in [5.74, 6) is -0.0744. The third-order valence-electron chi connectivity index (χ3n) is 3.30. The molecule has 1 amide bonds. The standard InChI is InChI=1S/C13H18N2O3/c1-17-11-7-15(8-12(11)18-2)13(16)9-5-3-4-6-10(9)14/h3-6,11-12H,7-8,14H2,1-2H3/t11-,12-/m0/s1. The quantitative estimate of drug-likeness (QED) is 0.804. The molecule has 98 valence electrons. The van der Waals surface area contributed by atoms with Crippen LogP contribution in [0.15, 0.2) is 24.3 Å². The number of carbonyl (C=O) groups excluding carboxylic acids is 1. The van der Waals surface area contributed by atoms with Crippen molar-refractivity contribution in [3.63, 3.8) is 0 Å². The van der Waals surface area contributed by atoms with Crippen LogP contribution in [-0.2, 0) is 9.47 Å². The van der Waals surface area contributed by atoms with E-state index in [-0.39, 0.29) is 18.1 Å². The van der Waals surface area contributed by atoms with Crippen LogP contribution in [0.1, 0.15) is 10.4 Å². The second-order valence-corrected chi connectivity index (χ2v) is 4.35. The van der Waals surface area contributed by atoms with Gasteiger partial charge in [0.1, 0.15) is 12.2 Å². The highest BCUT2D eigenvalue weighted by atomic mass is 16.5. The van der Waals surface area contributed by atoms with Gasteiger partial charge in [-0.1, -0.05) is 12.1 Å². The normalized spacial score (nSPS) is 23.3. The summed E-state index contributed by atoms with van der Waals surface area (Å²) in [6, 6.07) is 7.08. The van der Waals surface area contributed by atoms with E-state index >= 15 is 0 Å². The number of benzene rings is 1. The maximum Gasteiger partial charge on any atom is 0.256 e. The molecular weight excluding hydrogens is 232 g/mol. The van der Waals surface area contributed by atoms with Gasteiger partial charge >= 0.3 is 0 Å². The van der Waals surface area contributed by atoms with Crippen molar-refractivity contribution in [2.75, 3.05) is 33.0 Å². The second-order valence-electron chi connectivity index (χ2n) is 4.35. The van der Waals surface area contributed by atoms with Gasteiger partial charge in [0.25, 0.3) is 5.91 Å². The first-order valence-corrected chi connectivity index (χ1v) is 5.86. The van der Waals surface area contributed by atoms with Crippen molar-refractivity contribution in [3.8, 4) is 0 Å². The minimum absolute atomic E-state index is 0.0744. The lowest BCUT2D eigenvalue weighted by atomic mass is 10.1. The first kappa shape index (κ1) is 12.9. The maximum absolute atomic E-state index is 12.3. The zero-order valence-electron chi connectivity index (χ0n) is 10.6. The van der Waals surface area contributed by atoms with E-state index in [1.54, 1.807) is 37.3 Å². The highest BCUT2D eigenvalue weighted by Gasteiger charge is 2.36. The highest BCUT2D eigenvalue weighted by molar-refractivity contribution is 5.99. The Morgan fingerprint density at radius 2 is 1.78 bits per heavy atom. The molecule has 1 saturated heterocycles. The van der Waals surface area contributed by atoms with E-state index in [1.165, 1.54) is 0 Å². The number of hydrogen-bond donors (Lipinski definition) is 1. The fraction of sp³-hybridized carbons (Fsp3) is 0.462. The average molecular weight is 250 g/mol. The van der Waals surface area contributed by atoms with Crippen molar-refractivity contribution < 1.29 is 14.3 Å². The van der Waals surface area contributed by atoms with Crippen LogP contribution in [0, 0.1) is 0 Å². The average Bonchev–Trinajstić information content (AvgIpc) is 2.81. The van der Waals surface area contributed by atoms with E-state index in [1.807, 2.05) is 6.07 Å². The molecule has 18 heavy (non-hydrogen) atoms. The molecule has 1 aromatic rings. The zero-order chi connectivity index (χ0) is 13.1. The zero-order valence-corrected chi connectivity index (χ0v) is 10.6. The van der Waals surface area contributed by atoms with Crippen molar-refractivity contribution in [2.24, 2.45) is 0 Å². The smallest absolute Gasteiger partial charge is 0.256 e. The summed E-state index contributed by atoms with van der Waals surface area (Å²) in [6.45, 7) is 1.06. The van der Waals surface area contributed by atoms with Gasteiger partial charge in [-0.3, -0.25) is 4.79 Å². The van der Waals surface area contributed by atoms with Gasteiger partial charge in [-0.25, -0.2) is 0 Å². The lowest BCUT2D eigenvalue weighted by Crippen LogP contribution is -2.30. The van der Waals surface area contributed by atoms with Gasteiger partial charge in [-0.2, -0.15) is 0 Å². The van der Waals surface area contributed by atoms with Crippen LogP contribution in [0.3, 0.4) is 0 Å². The number of anilines is 1. The number of rotatable bonds is 3. The molecule has 1 aromatic carbocycles. The number of nitrogens with zero attached hydrogens (tertiary/aromatic N) is 1. The number of carbonyl (C=O) groups is 1. The Hall–Kier alpha value is -1.59. The monoisotopic (exact) mass is 250 g/mol. The lowest BCUT2D eigenvalue weighted by Gasteiger charge is -2.16. The molecule has 1 heterocycles. The summed E-state index contributed by atoms with van der Waals surface area (Å²) in [5.41, 5.74) is 6.84. The van der Waals surface area contributed by atoms with Gasteiger partial charge in [-0.15, -0.1) is 0 Å². The van der Waals surface area contributed by atoms with Crippen molar-refractivity contribution in [3.05, 3.63) is 29.8 Å². The molecular formula is C13H18N2O3. The summed E-state index contributed by atoms with van der Waals surface area (Å²) in [4.78, 5) is 14.0. The summed E-state index contributed by atoms with van der Waals surface area (Å²) < 4.78 is 10.6. The minimum Gasteiger partial charge on any atom is -0.398 e. The Morgan fingerprint density at radius 3 is 2.28 bits per heavy atom. The molecule has 0 aliphatic carbocycles. The molecule has 2 N–H and O–H groups in total. The molecule has 1 fully saturated rings. The summed E-state index contributed by atoms with van der Waals surface area (Å²) >= 11 is 0. The molecule has 2 atom stereocenters. The van der Waals surface area contributed by atoms with E-state index < -0.39 is 0 Å². The van der Waals surface area contributed by atoms with Crippen LogP contribution in [0.4, 0.5) is 5.69 Å². The number of amides is 1. The molecule has 0 bridgehead atoms. The maximum atomic E-state index is 12.3. The second kappa shape index (κ2) is 5.37. The highest BCUT2D eigenvalue weighted by Crippen LogP contribution is 2.20. The van der Waals surface area contributed by atoms with Gasteiger partial charge in [0.05, 0.1) is 5.56 Å². The Balaban J connectivity index is 2.14. The number of methoxy groups -OCH3 is 2. The topological polar surface area (TPSA) is 64.8 Å². The van der Waals surface area contributed by atoms with Gasteiger partial charge < -0.3 is 20.1 Å². The van der Waals surface area contributed by atoms with Crippen molar-refractivity contribution in [1.82, 2.24) is 4.90 Å². The first-order valence-electron chi connectivity index (χ1n) is 5.86. The molecule has 0 unspecified atom stereocenters. The van der Waals surface area contributed by atoms with E-state index in [2.05, 4.69) is 0 Å². The third-order valence-corrected chi connectivity index (χ3v) is 3.30. The van der Waals surface area contributed by atoms with E-state index in [9.17, 15) is 4.79 Å². The van der Waals surface area contributed by atoms with Gasteiger partial charge in [0, 0.05) is 33.0 Å². The van der Waals surface area contributed by atoms with Gasteiger partial charge in [0.2, 0.25) is 0 Å². The summed E-state index contributed by atoms with van der Waals surface area (Å²) in [6.07, 6.45) is -0.159. The Kier molecular flexibility index (Phi) is 3.84. The van der Waals surface area contributed by atoms with Crippen LogP contribution in [0.2, 0.25) is 0 Å². The largest absolute Gasteiger partial charge is 0.398 e. The van der Waals surface area contributed by atoms with Crippen LogP contribution in [0.5, 0.6) is 0 Å². The molecule has 0 radical (unpaired) electrons. The van der Waals surface area contributed by atoms with Crippen molar-refractivity contribution in [2.45, 2.75) is 12.2 Å². The van der Waals surface area contributed by atoms with Gasteiger partial charge in [0.15, 0.2) is 0 Å². The van der Waals surface area contributed by atoms with E-state index in [4.69, 9.17) is 15.2 Å². The summed E-state index contributed by atoms with van der Waals surface area (Å²) in [7, 11) is 3.25. The van der Waals surface area contributed by atoms with E-state index in [0.717, 1.165) is 0 Å². The molecule has 0 aromatic heterocycles. The number of ether oxygens (including phenoxy) is 2. The molecule has 1 aliphatic heterocycles. The first-order chi connectivity index (χ1) is 8.67. The number of hydrogen-bond acceptors (Lipinski definition) is 4. The Labute approximate surface area is 106 Å². The van der Waals surface area contributed by atoms with E-state index in [0.29, 0.717) is 24.3 Å². The fourth-order valence-electron chi connectivity index (χ4n) is 2.22. The third kappa shape index (κ3) is 2.32. The predicted octanol–water partition coefficient (Wildman–Crippen LogP) is 0.755. The number of para-hydroxylation sites is 1. The van der Waals surface area contributed by atoms with Crippen molar-refractivity contribution in [1.29, 1.82) is 0 Å². The Morgan fingerprint density at radius 1 is 1.22 bits per heavy atom. The lowest BCUT2D eigenvalue weighted by molar-refractivity contribution is -0.00461. The van der Waals surface area contributed by atoms with Crippen molar-refractivity contribution >= 4 is 11.6 Å². The van der Waals surface area contributed by atoms with Crippen LogP contribution in [0.25, 0.3) is 0 Å². The fourth-order valence-corrected chi connectivity index (χ4v) is 2.22. The molecule has 2 rings (SSSR count). The minimum atomic E-state index is -0.0797.